The van der Waals surface area contributed by atoms with Gasteiger partial charge in [-0.3, -0.25) is 9.78 Å². The number of rotatable bonds is 6. The first-order chi connectivity index (χ1) is 11.7. The summed E-state index contributed by atoms with van der Waals surface area (Å²) >= 11 is 1.28. The second-order valence-corrected chi connectivity index (χ2v) is 7.42. The number of amides is 1. The Bertz CT molecular complexity index is 656. The molecule has 1 aliphatic carbocycles. The molecule has 0 aliphatic heterocycles. The SMILES string of the molecule is C[C@H](Sc1nnc(-c2cccnc2)o1)C(=O)NCC1CCCCC1. The van der Waals surface area contributed by atoms with Gasteiger partial charge in [0.05, 0.1) is 10.8 Å². The van der Waals surface area contributed by atoms with Gasteiger partial charge in [0.2, 0.25) is 11.8 Å². The fraction of sp³-hybridized carbons (Fsp3) is 0.529. The average Bonchev–Trinajstić information content (AvgIpc) is 3.10. The number of pyridine rings is 1. The van der Waals surface area contributed by atoms with Crippen molar-refractivity contribution < 1.29 is 9.21 Å². The molecule has 6 nitrogen and oxygen atoms in total. The van der Waals surface area contributed by atoms with Crippen molar-refractivity contribution in [3.63, 3.8) is 0 Å². The maximum Gasteiger partial charge on any atom is 0.277 e. The molecule has 128 valence electrons. The lowest BCUT2D eigenvalue weighted by Crippen LogP contribution is -2.35. The van der Waals surface area contributed by atoms with Gasteiger partial charge in [0.15, 0.2) is 0 Å². The first-order valence-corrected chi connectivity index (χ1v) is 9.28. The Morgan fingerprint density at radius 1 is 1.38 bits per heavy atom. The van der Waals surface area contributed by atoms with Crippen molar-refractivity contribution in [1.82, 2.24) is 20.5 Å². The van der Waals surface area contributed by atoms with Gasteiger partial charge in [-0.15, -0.1) is 10.2 Å². The van der Waals surface area contributed by atoms with Crippen LogP contribution in [0.3, 0.4) is 0 Å². The van der Waals surface area contributed by atoms with Gasteiger partial charge in [0, 0.05) is 18.9 Å². The number of nitrogens with one attached hydrogen (secondary N) is 1. The molecule has 2 aromatic rings. The van der Waals surface area contributed by atoms with Gasteiger partial charge in [-0.05, 0) is 37.8 Å². The summed E-state index contributed by atoms with van der Waals surface area (Å²) in [5.41, 5.74) is 0.770. The van der Waals surface area contributed by atoms with E-state index in [2.05, 4.69) is 20.5 Å². The van der Waals surface area contributed by atoms with Crippen LogP contribution in [0.1, 0.15) is 39.0 Å². The lowest BCUT2D eigenvalue weighted by Gasteiger charge is -2.22. The molecule has 24 heavy (non-hydrogen) atoms. The Labute approximate surface area is 145 Å². The predicted molar refractivity (Wildman–Crippen MR) is 92.4 cm³/mol. The van der Waals surface area contributed by atoms with Crippen molar-refractivity contribution in [3.8, 4) is 11.5 Å². The summed E-state index contributed by atoms with van der Waals surface area (Å²) in [6, 6.07) is 3.67. The molecule has 1 fully saturated rings. The smallest absolute Gasteiger partial charge is 0.277 e. The van der Waals surface area contributed by atoms with Crippen LogP contribution in [0.15, 0.2) is 34.2 Å². The first kappa shape index (κ1) is 17.0. The molecule has 7 heteroatoms. The molecule has 1 N–H and O–H groups in total. The molecule has 0 saturated heterocycles. The fourth-order valence-electron chi connectivity index (χ4n) is 2.85. The molecule has 2 heterocycles. The lowest BCUT2D eigenvalue weighted by molar-refractivity contribution is -0.120. The zero-order chi connectivity index (χ0) is 16.8. The number of hydrogen-bond donors (Lipinski definition) is 1. The summed E-state index contributed by atoms with van der Waals surface area (Å²) < 4.78 is 5.61. The van der Waals surface area contributed by atoms with E-state index in [4.69, 9.17) is 4.42 Å². The van der Waals surface area contributed by atoms with E-state index >= 15 is 0 Å². The number of carbonyl (C=O) groups is 1. The average molecular weight is 346 g/mol. The summed E-state index contributed by atoms with van der Waals surface area (Å²) in [6.07, 6.45) is 9.69. The molecule has 3 rings (SSSR count). The Morgan fingerprint density at radius 2 is 2.21 bits per heavy atom. The van der Waals surface area contributed by atoms with Gasteiger partial charge in [0.1, 0.15) is 0 Å². The number of thioether (sulfide) groups is 1. The largest absolute Gasteiger partial charge is 0.411 e. The molecule has 2 aromatic heterocycles. The molecule has 0 radical (unpaired) electrons. The second-order valence-electron chi connectivity index (χ2n) is 6.12. The van der Waals surface area contributed by atoms with Crippen LogP contribution in [0.25, 0.3) is 11.5 Å². The minimum Gasteiger partial charge on any atom is -0.411 e. The third-order valence-corrected chi connectivity index (χ3v) is 5.19. The summed E-state index contributed by atoms with van der Waals surface area (Å²) in [5, 5.41) is 11.2. The van der Waals surface area contributed by atoms with Crippen molar-refractivity contribution in [3.05, 3.63) is 24.5 Å². The normalized spacial score (nSPS) is 16.7. The minimum absolute atomic E-state index is 0.0201. The zero-order valence-corrected chi connectivity index (χ0v) is 14.6. The molecule has 0 spiro atoms. The quantitative estimate of drug-likeness (QED) is 0.808. The van der Waals surface area contributed by atoms with Crippen molar-refractivity contribution in [2.75, 3.05) is 6.54 Å². The van der Waals surface area contributed by atoms with Crippen LogP contribution >= 0.6 is 11.8 Å². The van der Waals surface area contributed by atoms with Crippen LogP contribution in [0.2, 0.25) is 0 Å². The van der Waals surface area contributed by atoms with E-state index in [1.54, 1.807) is 12.4 Å². The lowest BCUT2D eigenvalue weighted by atomic mass is 9.89. The second kappa shape index (κ2) is 8.28. The molecule has 0 aromatic carbocycles. The Kier molecular flexibility index (Phi) is 5.85. The van der Waals surface area contributed by atoms with E-state index < -0.39 is 0 Å². The van der Waals surface area contributed by atoms with Crippen LogP contribution in [0, 0.1) is 5.92 Å². The highest BCUT2D eigenvalue weighted by Gasteiger charge is 2.20. The monoisotopic (exact) mass is 346 g/mol. The molecule has 1 saturated carbocycles. The first-order valence-electron chi connectivity index (χ1n) is 8.40. The highest BCUT2D eigenvalue weighted by Crippen LogP contribution is 2.26. The molecule has 0 unspecified atom stereocenters. The summed E-state index contributed by atoms with van der Waals surface area (Å²) in [6.45, 7) is 2.63. The van der Waals surface area contributed by atoms with E-state index in [1.807, 2.05) is 19.1 Å². The van der Waals surface area contributed by atoms with Crippen molar-refractivity contribution >= 4 is 17.7 Å². The van der Waals surface area contributed by atoms with Crippen molar-refractivity contribution in [1.29, 1.82) is 0 Å². The molecular formula is C17H22N4O2S. The van der Waals surface area contributed by atoms with Gasteiger partial charge in [-0.1, -0.05) is 31.0 Å². The van der Waals surface area contributed by atoms with Crippen molar-refractivity contribution in [2.45, 2.75) is 49.5 Å². The van der Waals surface area contributed by atoms with Gasteiger partial charge in [-0.25, -0.2) is 0 Å². The van der Waals surface area contributed by atoms with E-state index in [9.17, 15) is 4.79 Å². The molecule has 1 amide bonds. The third-order valence-electron chi connectivity index (χ3n) is 4.25. The Hall–Kier alpha value is -1.89. The Morgan fingerprint density at radius 3 is 2.96 bits per heavy atom. The maximum atomic E-state index is 12.2. The summed E-state index contributed by atoms with van der Waals surface area (Å²) in [7, 11) is 0. The highest BCUT2D eigenvalue weighted by atomic mass is 32.2. The van der Waals surface area contributed by atoms with Crippen LogP contribution in [0.5, 0.6) is 0 Å². The number of hydrogen-bond acceptors (Lipinski definition) is 6. The topological polar surface area (TPSA) is 80.9 Å². The van der Waals surface area contributed by atoms with Crippen LogP contribution in [-0.4, -0.2) is 32.9 Å². The Balaban J connectivity index is 1.50. The highest BCUT2D eigenvalue weighted by molar-refractivity contribution is 8.00. The summed E-state index contributed by atoms with van der Waals surface area (Å²) in [4.78, 5) is 16.3. The maximum absolute atomic E-state index is 12.2. The zero-order valence-electron chi connectivity index (χ0n) is 13.8. The van der Waals surface area contributed by atoms with Crippen molar-refractivity contribution in [2.24, 2.45) is 5.92 Å². The number of nitrogens with zero attached hydrogens (tertiary/aromatic N) is 3. The van der Waals surface area contributed by atoms with E-state index in [1.165, 1.54) is 43.9 Å². The van der Waals surface area contributed by atoms with E-state index in [0.717, 1.165) is 12.1 Å². The predicted octanol–water partition coefficient (Wildman–Crippen LogP) is 3.31. The summed E-state index contributed by atoms with van der Waals surface area (Å²) in [5.74, 6) is 1.06. The number of aromatic nitrogens is 3. The molecule has 0 bridgehead atoms. The molecule has 1 atom stereocenters. The van der Waals surface area contributed by atoms with Gasteiger partial charge in [-0.2, -0.15) is 0 Å². The van der Waals surface area contributed by atoms with Gasteiger partial charge < -0.3 is 9.73 Å². The van der Waals surface area contributed by atoms with E-state index in [-0.39, 0.29) is 11.2 Å². The van der Waals surface area contributed by atoms with Crippen LogP contribution in [0.4, 0.5) is 0 Å². The van der Waals surface area contributed by atoms with Gasteiger partial charge >= 0.3 is 0 Å². The molecular weight excluding hydrogens is 324 g/mol. The van der Waals surface area contributed by atoms with Crippen LogP contribution < -0.4 is 5.32 Å². The number of carbonyl (C=O) groups excluding carboxylic acids is 1. The van der Waals surface area contributed by atoms with Gasteiger partial charge in [0.25, 0.3) is 5.22 Å². The molecule has 1 aliphatic rings. The van der Waals surface area contributed by atoms with E-state index in [0.29, 0.717) is 17.0 Å². The standard InChI is InChI=1S/C17H22N4O2S/c1-12(15(22)19-10-13-6-3-2-4-7-13)24-17-21-20-16(23-17)14-8-5-9-18-11-14/h5,8-9,11-13H,2-4,6-7,10H2,1H3,(H,19,22)/t12-/m0/s1. The fourth-order valence-corrected chi connectivity index (χ4v) is 3.56. The van der Waals surface area contributed by atoms with Crippen LogP contribution in [-0.2, 0) is 4.79 Å². The third kappa shape index (κ3) is 4.56. The minimum atomic E-state index is -0.268.